The Morgan fingerprint density at radius 2 is 1.58 bits per heavy atom. The number of benzene rings is 2. The van der Waals surface area contributed by atoms with Gasteiger partial charge in [-0.25, -0.2) is 9.97 Å². The Kier molecular flexibility index (Phi) is 21.7. The Balaban J connectivity index is 0.00000248. The van der Waals surface area contributed by atoms with Crippen molar-refractivity contribution in [1.82, 2.24) is 25.5 Å². The summed E-state index contributed by atoms with van der Waals surface area (Å²) >= 11 is 0. The van der Waals surface area contributed by atoms with Crippen molar-refractivity contribution in [3.05, 3.63) is 82.7 Å². The van der Waals surface area contributed by atoms with Gasteiger partial charge in [0.25, 0.3) is 11.9 Å². The van der Waals surface area contributed by atoms with Crippen molar-refractivity contribution in [3.63, 3.8) is 0 Å². The van der Waals surface area contributed by atoms with Crippen LogP contribution < -0.4 is 22.1 Å². The minimum atomic E-state index is -1.45. The zero-order chi connectivity index (χ0) is 40.8. The van der Waals surface area contributed by atoms with E-state index >= 15 is 0 Å². The van der Waals surface area contributed by atoms with Crippen LogP contribution in [0.4, 0.5) is 11.6 Å². The maximum Gasteiger partial charge on any atom is 0.300 e. The quantitative estimate of drug-likeness (QED) is 0.0469. The largest absolute Gasteiger partial charge is 0.481 e. The molecule has 1 aromatic heterocycles. The predicted octanol–water partition coefficient (Wildman–Crippen LogP) is 2.34. The number of nitrogen functional groups attached to an aromatic ring is 2. The minimum absolute atomic E-state index is 0.0183. The number of amides is 1. The Morgan fingerprint density at radius 3 is 2.22 bits per heavy atom. The second kappa shape index (κ2) is 25.5. The number of nitrogens with zero attached hydrogens (tertiary/aromatic N) is 3. The van der Waals surface area contributed by atoms with Gasteiger partial charge in [0.15, 0.2) is 17.3 Å². The fourth-order valence-electron chi connectivity index (χ4n) is 5.91. The number of carbonyl (C=O) groups is 3. The summed E-state index contributed by atoms with van der Waals surface area (Å²) < 4.78 is 0. The molecular formula is C40H61N7O8. The number of hydrogen-bond donors (Lipinski definition) is 9. The average Bonchev–Trinajstić information content (AvgIpc) is 3.15. The van der Waals surface area contributed by atoms with E-state index in [1.54, 1.807) is 0 Å². The van der Waals surface area contributed by atoms with E-state index in [1.165, 1.54) is 17.3 Å². The molecular weight excluding hydrogens is 706 g/mol. The van der Waals surface area contributed by atoms with Crippen LogP contribution in [0.25, 0.3) is 0 Å². The highest BCUT2D eigenvalue weighted by Gasteiger charge is 2.26. The number of aliphatic carboxylic acids is 1. The number of aliphatic hydroxyl groups excluding tert-OH is 4. The summed E-state index contributed by atoms with van der Waals surface area (Å²) in [7, 11) is 0. The van der Waals surface area contributed by atoms with E-state index in [1.807, 2.05) is 41.3 Å². The molecule has 15 nitrogen and oxygen atoms in total. The number of aromatic nitrogens is 2. The monoisotopic (exact) mass is 767 g/mol. The number of Topliss-reactive ketones (excluding diaryl/α,β-unsaturated/α-hetero) is 1. The number of nitrogens with one attached hydrogen (secondary N) is 2. The van der Waals surface area contributed by atoms with Crippen molar-refractivity contribution in [1.29, 1.82) is 0 Å². The fourth-order valence-corrected chi connectivity index (χ4v) is 5.91. The lowest BCUT2D eigenvalue weighted by Gasteiger charge is -2.28. The van der Waals surface area contributed by atoms with E-state index in [4.69, 9.17) is 26.5 Å². The number of aliphatic hydroxyl groups is 4. The number of rotatable bonds is 24. The molecule has 1 heterocycles. The average molecular weight is 768 g/mol. The van der Waals surface area contributed by atoms with Crippen LogP contribution >= 0.6 is 0 Å². The van der Waals surface area contributed by atoms with Crippen molar-refractivity contribution < 1.29 is 39.9 Å². The van der Waals surface area contributed by atoms with Gasteiger partial charge in [0, 0.05) is 45.1 Å². The Labute approximate surface area is 324 Å². The highest BCUT2D eigenvalue weighted by Crippen LogP contribution is 2.15. The number of nitrogens with two attached hydrogens (primary N) is 2. The molecule has 3 aromatic rings. The summed E-state index contributed by atoms with van der Waals surface area (Å²) in [6.07, 6.45) is 3.07. The summed E-state index contributed by atoms with van der Waals surface area (Å²) in [5.41, 5.74) is 15.5. The van der Waals surface area contributed by atoms with Gasteiger partial charge in [0.1, 0.15) is 18.0 Å². The Morgan fingerprint density at radius 1 is 0.909 bits per heavy atom. The van der Waals surface area contributed by atoms with E-state index in [0.29, 0.717) is 51.1 Å². The molecule has 0 unspecified atom stereocenters. The number of unbranched alkanes of at least 4 members (excludes halogenated alkanes) is 3. The van der Waals surface area contributed by atoms with E-state index < -0.39 is 36.8 Å². The van der Waals surface area contributed by atoms with Crippen LogP contribution in [0.5, 0.6) is 0 Å². The molecule has 55 heavy (non-hydrogen) atoms. The molecule has 0 aliphatic rings. The number of carbonyl (C=O) groups excluding carboxylic acids is 2. The summed E-state index contributed by atoms with van der Waals surface area (Å²) in [5.74, 6) is -1.03. The number of hydrogen-bond acceptors (Lipinski definition) is 13. The van der Waals surface area contributed by atoms with E-state index in [-0.39, 0.29) is 35.6 Å². The zero-order valence-corrected chi connectivity index (χ0v) is 32.4. The lowest BCUT2D eigenvalue weighted by atomic mass is 9.95. The molecule has 0 saturated heterocycles. The Bertz CT molecular complexity index is 1590. The second-order valence-electron chi connectivity index (χ2n) is 13.8. The molecule has 0 aliphatic carbocycles. The molecule has 0 bridgehead atoms. The first-order valence-corrected chi connectivity index (χ1v) is 18.9. The van der Waals surface area contributed by atoms with Gasteiger partial charge in [-0.3, -0.25) is 14.4 Å². The molecule has 1 amide bonds. The summed E-state index contributed by atoms with van der Waals surface area (Å²) in [6, 6.07) is 15.7. The van der Waals surface area contributed by atoms with E-state index in [9.17, 15) is 24.9 Å². The van der Waals surface area contributed by atoms with Crippen LogP contribution in [-0.2, 0) is 17.8 Å². The van der Waals surface area contributed by atoms with Gasteiger partial charge in [-0.15, -0.1) is 0 Å². The predicted molar refractivity (Wildman–Crippen MR) is 212 cm³/mol. The van der Waals surface area contributed by atoms with Gasteiger partial charge in [-0.2, -0.15) is 0 Å². The van der Waals surface area contributed by atoms with Crippen molar-refractivity contribution in [2.75, 3.05) is 50.8 Å². The van der Waals surface area contributed by atoms with Crippen molar-refractivity contribution in [3.8, 4) is 0 Å². The van der Waals surface area contributed by atoms with Gasteiger partial charge in [0.05, 0.1) is 18.9 Å². The van der Waals surface area contributed by atoms with Crippen LogP contribution in [0.1, 0.15) is 89.9 Å². The third-order valence-electron chi connectivity index (χ3n) is 9.02. The molecule has 304 valence electrons. The standard InChI is InChI=1S/C38H57N7O6.C2H4O2/c1-3-4-5-8-17-45(24-32(48)36(50)33(49)25-46)18-9-12-31(47)29-15-13-27(14-16-29)20-41-21-28(19-30-11-7-6-10-26(30)2)22-43-38(51)35-37(40)44-34(39)23-42-35;1-2(3)4/h6-7,10-11,13-16,23,28,32-33,36,41,46,48-50H,3-5,8-9,12,17-22,24-25H2,1-2H3,(H,43,51)(H4,39,40,44);1H3,(H,3,4)/t28-,32-,33+,36+;/m0./s1. The molecule has 15 heteroatoms. The van der Waals surface area contributed by atoms with Crippen molar-refractivity contribution >= 4 is 29.3 Å². The van der Waals surface area contributed by atoms with Gasteiger partial charge in [0.2, 0.25) is 0 Å². The molecule has 0 spiro atoms. The lowest BCUT2D eigenvalue weighted by Crippen LogP contribution is -2.46. The topological polar surface area (TPSA) is 257 Å². The van der Waals surface area contributed by atoms with Crippen LogP contribution in [0.15, 0.2) is 54.7 Å². The summed E-state index contributed by atoms with van der Waals surface area (Å²) in [5, 5.41) is 53.2. The van der Waals surface area contributed by atoms with Crippen LogP contribution in [-0.4, -0.2) is 116 Å². The van der Waals surface area contributed by atoms with Gasteiger partial charge in [-0.05, 0) is 61.9 Å². The zero-order valence-electron chi connectivity index (χ0n) is 32.4. The molecule has 0 aliphatic heterocycles. The third-order valence-corrected chi connectivity index (χ3v) is 9.02. The van der Waals surface area contributed by atoms with E-state index in [0.717, 1.165) is 44.6 Å². The summed E-state index contributed by atoms with van der Waals surface area (Å²) in [6.45, 7) is 7.65. The number of ketones is 1. The summed E-state index contributed by atoms with van der Waals surface area (Å²) in [4.78, 5) is 44.8. The smallest absolute Gasteiger partial charge is 0.300 e. The first kappa shape index (κ1) is 46.6. The normalized spacial score (nSPS) is 13.3. The van der Waals surface area contributed by atoms with Gasteiger partial charge in [-0.1, -0.05) is 74.7 Å². The van der Waals surface area contributed by atoms with Crippen molar-refractivity contribution in [2.24, 2.45) is 5.92 Å². The lowest BCUT2D eigenvalue weighted by molar-refractivity contribution is -0.134. The van der Waals surface area contributed by atoms with E-state index in [2.05, 4.69) is 46.6 Å². The SMILES string of the molecule is CC(=O)O.CCCCCCN(CCCC(=O)c1ccc(CNC[C@@H](CNC(=O)c2ncc(N)nc2N)Cc2ccccc2C)cc1)C[C@H](O)[C@@H](O)[C@H](O)CO. The van der Waals surface area contributed by atoms with Crippen LogP contribution in [0, 0.1) is 12.8 Å². The molecule has 0 radical (unpaired) electrons. The highest BCUT2D eigenvalue weighted by atomic mass is 16.4. The number of carboxylic acid groups (broad SMARTS) is 1. The molecule has 3 rings (SSSR count). The molecule has 2 aromatic carbocycles. The van der Waals surface area contributed by atoms with Crippen molar-refractivity contribution in [2.45, 2.75) is 90.6 Å². The fraction of sp³-hybridized carbons (Fsp3) is 0.525. The minimum Gasteiger partial charge on any atom is -0.481 e. The maximum atomic E-state index is 13.0. The number of aryl methyl sites for hydroxylation is 1. The molecule has 0 saturated carbocycles. The molecule has 11 N–H and O–H groups in total. The van der Waals surface area contributed by atoms with Crippen LogP contribution in [0.2, 0.25) is 0 Å². The molecule has 0 fully saturated rings. The maximum absolute atomic E-state index is 13.0. The first-order chi connectivity index (χ1) is 26.2. The van der Waals surface area contributed by atoms with Crippen LogP contribution in [0.3, 0.4) is 0 Å². The van der Waals surface area contributed by atoms with Gasteiger partial charge >= 0.3 is 0 Å². The second-order valence-corrected chi connectivity index (χ2v) is 13.8. The van der Waals surface area contributed by atoms with Gasteiger partial charge < -0.3 is 52.5 Å². The number of carboxylic acids is 1. The number of anilines is 2. The molecule has 4 atom stereocenters. The highest BCUT2D eigenvalue weighted by molar-refractivity contribution is 5.96. The Hall–Kier alpha value is -4.51. The first-order valence-electron chi connectivity index (χ1n) is 18.9. The third kappa shape index (κ3) is 18.1.